The highest BCUT2D eigenvalue weighted by Gasteiger charge is 2.28. The monoisotopic (exact) mass is 472 g/mol. The lowest BCUT2D eigenvalue weighted by Crippen LogP contribution is -2.49. The standard InChI is InChI=1S/C23H28N6O3.ClH/c1-3-28-20-8-9-24-14-18(20)23(31)29-21(28)19(15-25-29)22(30)27-12-10-26(11-13-27)16-4-6-17(32-2)7-5-16;/h4-7,15,24H,3,8-14H2,1-2H3;1H. The lowest BCUT2D eigenvalue weighted by atomic mass is 10.1. The second kappa shape index (κ2) is 9.44. The van der Waals surface area contributed by atoms with Crippen molar-refractivity contribution in [3.8, 4) is 5.75 Å². The molecule has 0 unspecified atom stereocenters. The molecule has 10 heteroatoms. The topological polar surface area (TPSA) is 84.1 Å². The van der Waals surface area contributed by atoms with Gasteiger partial charge in [-0.1, -0.05) is 0 Å². The number of benzene rings is 1. The molecule has 33 heavy (non-hydrogen) atoms. The Bertz CT molecular complexity index is 1210. The molecule has 0 aliphatic carbocycles. The van der Waals surface area contributed by atoms with E-state index in [-0.39, 0.29) is 23.9 Å². The van der Waals surface area contributed by atoms with Gasteiger partial charge in [0.2, 0.25) is 0 Å². The van der Waals surface area contributed by atoms with Crippen molar-refractivity contribution >= 4 is 29.6 Å². The third-order valence-electron chi connectivity index (χ3n) is 6.52. The van der Waals surface area contributed by atoms with Crippen LogP contribution in [0.5, 0.6) is 5.75 Å². The molecule has 1 aromatic carbocycles. The fourth-order valence-corrected chi connectivity index (χ4v) is 4.80. The zero-order valence-electron chi connectivity index (χ0n) is 18.9. The average Bonchev–Trinajstić information content (AvgIpc) is 3.29. The molecular weight excluding hydrogens is 444 g/mol. The third kappa shape index (κ3) is 3.95. The molecule has 3 aromatic rings. The van der Waals surface area contributed by atoms with Crippen LogP contribution in [0.15, 0.2) is 35.3 Å². The number of rotatable bonds is 4. The van der Waals surface area contributed by atoms with E-state index < -0.39 is 0 Å². The number of aromatic nitrogens is 3. The van der Waals surface area contributed by atoms with Crippen molar-refractivity contribution < 1.29 is 9.53 Å². The highest BCUT2D eigenvalue weighted by atomic mass is 35.5. The Hall–Kier alpha value is -3.04. The number of aryl methyl sites for hydroxylation is 1. The number of ether oxygens (including phenoxy) is 1. The first kappa shape index (κ1) is 23.1. The van der Waals surface area contributed by atoms with Gasteiger partial charge < -0.3 is 24.4 Å². The summed E-state index contributed by atoms with van der Waals surface area (Å²) in [6, 6.07) is 7.98. The van der Waals surface area contributed by atoms with E-state index in [0.717, 1.165) is 48.7 Å². The van der Waals surface area contributed by atoms with E-state index in [1.165, 1.54) is 4.52 Å². The van der Waals surface area contributed by atoms with Crippen LogP contribution in [0.1, 0.15) is 28.5 Å². The van der Waals surface area contributed by atoms with Gasteiger partial charge in [0, 0.05) is 63.6 Å². The van der Waals surface area contributed by atoms with Crippen LogP contribution in [0.3, 0.4) is 0 Å². The van der Waals surface area contributed by atoms with Gasteiger partial charge in [-0.05, 0) is 31.2 Å². The van der Waals surface area contributed by atoms with E-state index in [1.807, 2.05) is 36.1 Å². The smallest absolute Gasteiger partial charge is 0.279 e. The Morgan fingerprint density at radius 3 is 2.55 bits per heavy atom. The van der Waals surface area contributed by atoms with Gasteiger partial charge in [-0.2, -0.15) is 9.61 Å². The van der Waals surface area contributed by atoms with Crippen molar-refractivity contribution in [3.05, 3.63) is 57.6 Å². The maximum Gasteiger partial charge on any atom is 0.279 e. The summed E-state index contributed by atoms with van der Waals surface area (Å²) in [6.07, 6.45) is 2.33. The number of anilines is 1. The van der Waals surface area contributed by atoms with Gasteiger partial charge in [0.15, 0.2) is 5.65 Å². The van der Waals surface area contributed by atoms with Gasteiger partial charge in [0.1, 0.15) is 11.3 Å². The molecule has 0 bridgehead atoms. The summed E-state index contributed by atoms with van der Waals surface area (Å²) in [4.78, 5) is 30.6. The quantitative estimate of drug-likeness (QED) is 0.620. The van der Waals surface area contributed by atoms with Crippen LogP contribution in [0.2, 0.25) is 0 Å². The van der Waals surface area contributed by atoms with Crippen LogP contribution in [0.4, 0.5) is 5.69 Å². The van der Waals surface area contributed by atoms with Gasteiger partial charge in [-0.3, -0.25) is 9.59 Å². The zero-order chi connectivity index (χ0) is 22.2. The molecule has 0 saturated carbocycles. The number of amides is 1. The Morgan fingerprint density at radius 1 is 1.15 bits per heavy atom. The van der Waals surface area contributed by atoms with Crippen molar-refractivity contribution in [2.24, 2.45) is 0 Å². The van der Waals surface area contributed by atoms with Crippen LogP contribution in [0, 0.1) is 0 Å². The van der Waals surface area contributed by atoms with Crippen LogP contribution >= 0.6 is 12.4 Å². The second-order valence-corrected chi connectivity index (χ2v) is 8.17. The summed E-state index contributed by atoms with van der Waals surface area (Å²) in [6.45, 7) is 6.83. The fraction of sp³-hybridized carbons (Fsp3) is 0.435. The number of fused-ring (bicyclic) bond motifs is 2. The first-order valence-electron chi connectivity index (χ1n) is 11.1. The van der Waals surface area contributed by atoms with E-state index in [0.29, 0.717) is 37.4 Å². The van der Waals surface area contributed by atoms with E-state index >= 15 is 0 Å². The summed E-state index contributed by atoms with van der Waals surface area (Å²) in [5.41, 5.74) is 3.87. The average molecular weight is 473 g/mol. The lowest BCUT2D eigenvalue weighted by Gasteiger charge is -2.36. The Kier molecular flexibility index (Phi) is 6.62. The molecule has 4 heterocycles. The normalized spacial score (nSPS) is 15.8. The van der Waals surface area contributed by atoms with Gasteiger partial charge in [0.05, 0.1) is 18.9 Å². The van der Waals surface area contributed by atoms with Crippen molar-refractivity contribution in [2.75, 3.05) is 44.7 Å². The molecule has 0 spiro atoms. The first-order chi connectivity index (χ1) is 15.6. The molecule has 0 atom stereocenters. The molecule has 1 N–H and O–H groups in total. The Labute approximate surface area is 198 Å². The summed E-state index contributed by atoms with van der Waals surface area (Å²) in [5, 5.41) is 7.58. The number of nitrogens with one attached hydrogen (secondary N) is 1. The van der Waals surface area contributed by atoms with E-state index in [2.05, 4.69) is 19.9 Å². The van der Waals surface area contributed by atoms with Gasteiger partial charge in [-0.25, -0.2) is 0 Å². The van der Waals surface area contributed by atoms with Crippen LogP contribution in [-0.4, -0.2) is 64.8 Å². The summed E-state index contributed by atoms with van der Waals surface area (Å²) in [7, 11) is 1.66. The Morgan fingerprint density at radius 2 is 1.88 bits per heavy atom. The number of hydrogen-bond acceptors (Lipinski definition) is 6. The van der Waals surface area contributed by atoms with E-state index in [1.54, 1.807) is 13.3 Å². The lowest BCUT2D eigenvalue weighted by molar-refractivity contribution is 0.0748. The fourth-order valence-electron chi connectivity index (χ4n) is 4.80. The number of hydrogen-bond donors (Lipinski definition) is 1. The second-order valence-electron chi connectivity index (χ2n) is 8.17. The molecule has 2 aliphatic heterocycles. The molecule has 0 radical (unpaired) electrons. The third-order valence-corrected chi connectivity index (χ3v) is 6.52. The predicted octanol–water partition coefficient (Wildman–Crippen LogP) is 1.55. The number of nitrogens with zero attached hydrogens (tertiary/aromatic N) is 5. The Balaban J connectivity index is 0.00000259. The number of carbonyl (C=O) groups is 1. The number of carbonyl (C=O) groups excluding carboxylic acids is 1. The summed E-state index contributed by atoms with van der Waals surface area (Å²) < 4.78 is 8.72. The summed E-state index contributed by atoms with van der Waals surface area (Å²) >= 11 is 0. The molecule has 2 aliphatic rings. The zero-order valence-corrected chi connectivity index (χ0v) is 19.7. The van der Waals surface area contributed by atoms with Crippen LogP contribution < -0.4 is 20.5 Å². The maximum absolute atomic E-state index is 13.5. The highest BCUT2D eigenvalue weighted by molar-refractivity contribution is 6.00. The molecular formula is C23H29ClN6O3. The number of halogens is 1. The predicted molar refractivity (Wildman–Crippen MR) is 129 cm³/mol. The van der Waals surface area contributed by atoms with Gasteiger partial charge in [-0.15, -0.1) is 12.4 Å². The highest BCUT2D eigenvalue weighted by Crippen LogP contribution is 2.23. The van der Waals surface area contributed by atoms with Gasteiger partial charge in [0.25, 0.3) is 11.5 Å². The van der Waals surface area contributed by atoms with Crippen molar-refractivity contribution in [1.82, 2.24) is 24.4 Å². The molecule has 5 rings (SSSR count). The van der Waals surface area contributed by atoms with Gasteiger partial charge >= 0.3 is 0 Å². The van der Waals surface area contributed by atoms with Crippen molar-refractivity contribution in [2.45, 2.75) is 26.4 Å². The summed E-state index contributed by atoms with van der Waals surface area (Å²) in [5.74, 6) is 0.764. The van der Waals surface area contributed by atoms with E-state index in [9.17, 15) is 9.59 Å². The molecule has 176 valence electrons. The van der Waals surface area contributed by atoms with Crippen LogP contribution in [0.25, 0.3) is 5.65 Å². The molecule has 2 aromatic heterocycles. The van der Waals surface area contributed by atoms with Crippen molar-refractivity contribution in [3.63, 3.8) is 0 Å². The molecule has 9 nitrogen and oxygen atoms in total. The largest absolute Gasteiger partial charge is 0.497 e. The molecule has 1 amide bonds. The minimum Gasteiger partial charge on any atom is -0.497 e. The first-order valence-corrected chi connectivity index (χ1v) is 11.1. The van der Waals surface area contributed by atoms with Crippen LogP contribution in [-0.2, 0) is 19.5 Å². The van der Waals surface area contributed by atoms with Crippen molar-refractivity contribution in [1.29, 1.82) is 0 Å². The molecule has 1 fully saturated rings. The molecule has 1 saturated heterocycles. The number of methoxy groups -OCH3 is 1. The maximum atomic E-state index is 13.5. The minimum absolute atomic E-state index is 0. The SMILES string of the molecule is CCn1c2c(c(=O)n3ncc(C(=O)N4CCN(c5ccc(OC)cc5)CC4)c13)CNCC2.Cl. The number of piperazine rings is 1. The minimum atomic E-state index is -0.129. The van der Waals surface area contributed by atoms with E-state index in [4.69, 9.17) is 4.74 Å².